The van der Waals surface area contributed by atoms with Gasteiger partial charge in [-0.1, -0.05) is 121 Å². The topological polar surface area (TPSA) is 42.4 Å². The summed E-state index contributed by atoms with van der Waals surface area (Å²) < 4.78 is 15.1. The van der Waals surface area contributed by atoms with E-state index in [2.05, 4.69) is 150 Å². The van der Waals surface area contributed by atoms with Crippen molar-refractivity contribution >= 4 is 81.6 Å². The lowest BCUT2D eigenvalue weighted by atomic mass is 10.00. The largest absolute Gasteiger partial charge is 0.455 e. The van der Waals surface area contributed by atoms with Gasteiger partial charge in [0.2, 0.25) is 5.89 Å². The highest BCUT2D eigenvalue weighted by molar-refractivity contribution is 7.26. The average molecular weight is 711 g/mol. The number of nitrogens with zero attached hydrogens (tertiary/aromatic N) is 2. The summed E-state index contributed by atoms with van der Waals surface area (Å²) >= 11 is 1.78. The van der Waals surface area contributed by atoms with Gasteiger partial charge in [0.1, 0.15) is 16.7 Å². The summed E-state index contributed by atoms with van der Waals surface area (Å²) in [5.74, 6) is 0.559. The van der Waals surface area contributed by atoms with Crippen LogP contribution in [0, 0.1) is 0 Å². The lowest BCUT2D eigenvalue weighted by molar-refractivity contribution is 0.615. The highest BCUT2D eigenvalue weighted by Crippen LogP contribution is 2.44. The van der Waals surface area contributed by atoms with Crippen molar-refractivity contribution < 1.29 is 8.83 Å². The molecule has 0 aliphatic heterocycles. The molecular formula is C49H30N2O2S. The van der Waals surface area contributed by atoms with Crippen LogP contribution in [0.1, 0.15) is 0 Å². The fraction of sp³-hybridized carbons (Fsp3) is 0. The van der Waals surface area contributed by atoms with Gasteiger partial charge >= 0.3 is 0 Å². The van der Waals surface area contributed by atoms with Crippen molar-refractivity contribution in [1.29, 1.82) is 0 Å². The molecule has 8 aromatic carbocycles. The molecule has 0 aliphatic carbocycles. The van der Waals surface area contributed by atoms with Crippen molar-refractivity contribution in [3.05, 3.63) is 182 Å². The van der Waals surface area contributed by atoms with E-state index in [-0.39, 0.29) is 0 Å². The number of rotatable bonds is 6. The minimum Gasteiger partial charge on any atom is -0.455 e. The fourth-order valence-electron chi connectivity index (χ4n) is 7.72. The first-order valence-electron chi connectivity index (χ1n) is 18.0. The van der Waals surface area contributed by atoms with Gasteiger partial charge in [-0.25, -0.2) is 4.98 Å². The highest BCUT2D eigenvalue weighted by atomic mass is 32.1. The van der Waals surface area contributed by atoms with E-state index in [1.54, 1.807) is 11.3 Å². The van der Waals surface area contributed by atoms with Gasteiger partial charge in [0.05, 0.1) is 5.56 Å². The van der Waals surface area contributed by atoms with Crippen LogP contribution in [0.3, 0.4) is 0 Å². The van der Waals surface area contributed by atoms with E-state index >= 15 is 0 Å². The Labute approximate surface area is 314 Å². The van der Waals surface area contributed by atoms with Crippen molar-refractivity contribution in [1.82, 2.24) is 4.98 Å². The number of anilines is 3. The lowest BCUT2D eigenvalue weighted by Crippen LogP contribution is -2.09. The molecule has 0 amide bonds. The normalized spacial score (nSPS) is 11.7. The van der Waals surface area contributed by atoms with Gasteiger partial charge in [-0.3, -0.25) is 0 Å². The summed E-state index contributed by atoms with van der Waals surface area (Å²) in [7, 11) is 0. The predicted molar refractivity (Wildman–Crippen MR) is 225 cm³/mol. The third-order valence-corrected chi connectivity index (χ3v) is 11.5. The number of aromatic nitrogens is 1. The zero-order valence-electron chi connectivity index (χ0n) is 28.9. The maximum Gasteiger partial charge on any atom is 0.231 e. The molecule has 11 aromatic rings. The molecule has 0 radical (unpaired) electrons. The van der Waals surface area contributed by atoms with E-state index in [1.807, 2.05) is 36.4 Å². The summed E-state index contributed by atoms with van der Waals surface area (Å²) in [6.07, 6.45) is 0. The Balaban J connectivity index is 0.978. The average Bonchev–Trinajstić information content (AvgIpc) is 3.95. The summed E-state index contributed by atoms with van der Waals surface area (Å²) in [6, 6.07) is 63.9. The van der Waals surface area contributed by atoms with Crippen LogP contribution in [0.5, 0.6) is 0 Å². The SMILES string of the molecule is c1ccc(-c2ccc(-c3ccc(N(c4ccccc4)c4ccc5c(c4)sc4ccc6oc(-c7cccc8c7oc7ccccc78)nc6c45)cc3)cc2)cc1. The Bertz CT molecular complexity index is 3140. The Kier molecular flexibility index (Phi) is 7.00. The minimum atomic E-state index is 0.559. The van der Waals surface area contributed by atoms with Crippen LogP contribution in [0.2, 0.25) is 0 Å². The molecule has 5 heteroatoms. The molecule has 0 saturated heterocycles. The summed E-state index contributed by atoms with van der Waals surface area (Å²) in [5, 5.41) is 4.41. The molecule has 3 heterocycles. The van der Waals surface area contributed by atoms with Crippen LogP contribution in [-0.4, -0.2) is 4.98 Å². The Morgan fingerprint density at radius 1 is 0.426 bits per heavy atom. The first kappa shape index (κ1) is 30.7. The third-order valence-electron chi connectivity index (χ3n) is 10.3. The molecule has 0 unspecified atom stereocenters. The second kappa shape index (κ2) is 12.3. The van der Waals surface area contributed by atoms with Gasteiger partial charge in [-0.15, -0.1) is 11.3 Å². The standard InChI is InChI=1S/C49H30N2O2S/c1-3-10-31(11-4-1)32-18-20-33(21-19-32)34-22-24-36(25-23-34)51(35-12-5-2-6-13-35)37-26-27-40-45(30-37)54-44-29-28-43-47(46(40)44)50-49(53-43)41-16-9-15-39-38-14-7-8-17-42(38)52-48(39)41/h1-30H. The number of para-hydroxylation sites is 3. The first-order valence-corrected chi connectivity index (χ1v) is 18.8. The molecule has 4 nitrogen and oxygen atoms in total. The van der Waals surface area contributed by atoms with Crippen molar-refractivity contribution in [2.75, 3.05) is 4.90 Å². The molecule has 0 bridgehead atoms. The van der Waals surface area contributed by atoms with Crippen LogP contribution in [0.25, 0.3) is 86.9 Å². The molecule has 11 rings (SSSR count). The van der Waals surface area contributed by atoms with E-state index in [0.29, 0.717) is 5.89 Å². The van der Waals surface area contributed by atoms with Crippen molar-refractivity contribution in [2.45, 2.75) is 0 Å². The van der Waals surface area contributed by atoms with Crippen molar-refractivity contribution in [3.8, 4) is 33.7 Å². The first-order chi connectivity index (χ1) is 26.7. The number of benzene rings is 8. The minimum absolute atomic E-state index is 0.559. The molecule has 0 fully saturated rings. The zero-order chi connectivity index (χ0) is 35.6. The molecule has 54 heavy (non-hydrogen) atoms. The van der Waals surface area contributed by atoms with Gasteiger partial charge in [0.15, 0.2) is 5.58 Å². The van der Waals surface area contributed by atoms with E-state index in [9.17, 15) is 0 Å². The van der Waals surface area contributed by atoms with Crippen LogP contribution < -0.4 is 4.90 Å². The second-order valence-electron chi connectivity index (χ2n) is 13.5. The third kappa shape index (κ3) is 5.01. The Hall–Kier alpha value is -6.95. The maximum atomic E-state index is 6.46. The van der Waals surface area contributed by atoms with Crippen LogP contribution in [0.15, 0.2) is 191 Å². The molecule has 0 N–H and O–H groups in total. The predicted octanol–water partition coefficient (Wildman–Crippen LogP) is 14.6. The molecule has 0 atom stereocenters. The van der Waals surface area contributed by atoms with E-state index < -0.39 is 0 Å². The van der Waals surface area contributed by atoms with Gasteiger partial charge < -0.3 is 13.7 Å². The highest BCUT2D eigenvalue weighted by Gasteiger charge is 2.20. The lowest BCUT2D eigenvalue weighted by Gasteiger charge is -2.25. The molecular weight excluding hydrogens is 681 g/mol. The fourth-order valence-corrected chi connectivity index (χ4v) is 8.87. The van der Waals surface area contributed by atoms with Gasteiger partial charge in [-0.05, 0) is 82.9 Å². The molecule has 0 spiro atoms. The molecule has 3 aromatic heterocycles. The Morgan fingerprint density at radius 2 is 1.06 bits per heavy atom. The van der Waals surface area contributed by atoms with Crippen LogP contribution >= 0.6 is 11.3 Å². The number of hydrogen-bond acceptors (Lipinski definition) is 5. The number of furan rings is 1. The summed E-state index contributed by atoms with van der Waals surface area (Å²) in [4.78, 5) is 7.45. The van der Waals surface area contributed by atoms with Crippen LogP contribution in [-0.2, 0) is 0 Å². The van der Waals surface area contributed by atoms with E-state index in [0.717, 1.165) is 66.4 Å². The second-order valence-corrected chi connectivity index (χ2v) is 14.6. The maximum absolute atomic E-state index is 6.46. The summed E-state index contributed by atoms with van der Waals surface area (Å²) in [6.45, 7) is 0. The van der Waals surface area contributed by atoms with Gasteiger partial charge in [0, 0.05) is 48.0 Å². The number of hydrogen-bond donors (Lipinski definition) is 0. The van der Waals surface area contributed by atoms with Crippen molar-refractivity contribution in [2.24, 2.45) is 0 Å². The molecule has 0 aliphatic rings. The molecule has 254 valence electrons. The number of fused-ring (bicyclic) bond motifs is 8. The van der Waals surface area contributed by atoms with Gasteiger partial charge in [0.25, 0.3) is 0 Å². The number of oxazole rings is 1. The van der Waals surface area contributed by atoms with E-state index in [1.165, 1.54) is 31.7 Å². The smallest absolute Gasteiger partial charge is 0.231 e. The van der Waals surface area contributed by atoms with Crippen LogP contribution in [0.4, 0.5) is 17.1 Å². The van der Waals surface area contributed by atoms with Gasteiger partial charge in [-0.2, -0.15) is 0 Å². The van der Waals surface area contributed by atoms with Crippen molar-refractivity contribution in [3.63, 3.8) is 0 Å². The monoisotopic (exact) mass is 710 g/mol. The zero-order valence-corrected chi connectivity index (χ0v) is 29.8. The molecule has 0 saturated carbocycles. The summed E-state index contributed by atoms with van der Waals surface area (Å²) in [5.41, 5.74) is 12.2. The van der Waals surface area contributed by atoms with E-state index in [4.69, 9.17) is 13.8 Å². The number of thiophene rings is 1. The Morgan fingerprint density at radius 3 is 1.83 bits per heavy atom. The quantitative estimate of drug-likeness (QED) is 0.172.